The van der Waals surface area contributed by atoms with Gasteiger partial charge in [-0.2, -0.15) is 0 Å². The van der Waals surface area contributed by atoms with Crippen LogP contribution in [0.15, 0.2) is 24.3 Å². The first-order chi connectivity index (χ1) is 7.65. The minimum absolute atomic E-state index is 0.295. The van der Waals surface area contributed by atoms with Crippen molar-refractivity contribution in [2.24, 2.45) is 0 Å². The quantitative estimate of drug-likeness (QED) is 0.566. The number of hydrogen-bond donors (Lipinski definition) is 1. The number of rotatable bonds is 3. The lowest BCUT2D eigenvalue weighted by Gasteiger charge is -2.14. The lowest BCUT2D eigenvalue weighted by molar-refractivity contribution is -0.115. The fraction of sp³-hybridized carbons (Fsp3) is 0.182. The van der Waals surface area contributed by atoms with Gasteiger partial charge in [0.1, 0.15) is 12.4 Å². The first kappa shape index (κ1) is 10.5. The first-order valence-corrected chi connectivity index (χ1v) is 4.73. The number of carbonyl (C=O) groups is 3. The minimum atomic E-state index is -1.33. The zero-order valence-corrected chi connectivity index (χ0v) is 8.29. The molecule has 0 fully saturated rings. The van der Waals surface area contributed by atoms with Crippen molar-refractivity contribution in [2.45, 2.75) is 6.10 Å². The minimum Gasteiger partial charge on any atom is -0.384 e. The van der Waals surface area contributed by atoms with Gasteiger partial charge in [-0.3, -0.25) is 14.5 Å². The normalized spacial score (nSPS) is 16.2. The van der Waals surface area contributed by atoms with Crippen molar-refractivity contribution in [1.82, 2.24) is 4.90 Å². The van der Waals surface area contributed by atoms with E-state index in [9.17, 15) is 14.4 Å². The van der Waals surface area contributed by atoms with Gasteiger partial charge in [0.05, 0.1) is 17.7 Å². The van der Waals surface area contributed by atoms with E-state index in [1.54, 1.807) is 24.3 Å². The molecule has 82 valence electrons. The number of aliphatic hydroxyl groups is 1. The third-order valence-electron chi connectivity index (χ3n) is 2.40. The molecule has 0 aromatic heterocycles. The Morgan fingerprint density at radius 1 is 1.19 bits per heavy atom. The van der Waals surface area contributed by atoms with Gasteiger partial charge in [-0.25, -0.2) is 0 Å². The zero-order chi connectivity index (χ0) is 11.7. The van der Waals surface area contributed by atoms with E-state index in [2.05, 4.69) is 0 Å². The fourth-order valence-electron chi connectivity index (χ4n) is 1.64. The molecule has 5 nitrogen and oxygen atoms in total. The van der Waals surface area contributed by atoms with Gasteiger partial charge < -0.3 is 9.90 Å². The maximum Gasteiger partial charge on any atom is 0.261 e. The molecule has 2 amide bonds. The molecule has 0 saturated carbocycles. The Balaban J connectivity index is 2.31. The average molecular weight is 219 g/mol. The van der Waals surface area contributed by atoms with Gasteiger partial charge in [0, 0.05) is 0 Å². The maximum atomic E-state index is 11.7. The predicted octanol–water partition coefficient (Wildman–Crippen LogP) is -0.158. The molecule has 1 aromatic rings. The smallest absolute Gasteiger partial charge is 0.261 e. The topological polar surface area (TPSA) is 74.7 Å². The molecule has 0 saturated heterocycles. The van der Waals surface area contributed by atoms with Crippen LogP contribution in [0.3, 0.4) is 0 Å². The Morgan fingerprint density at radius 2 is 1.69 bits per heavy atom. The van der Waals surface area contributed by atoms with E-state index in [0.717, 1.165) is 4.90 Å². The highest BCUT2D eigenvalue weighted by Gasteiger charge is 2.35. The number of imide groups is 1. The van der Waals surface area contributed by atoms with Crippen LogP contribution in [0.5, 0.6) is 0 Å². The molecule has 0 radical (unpaired) electrons. The molecule has 1 aromatic carbocycles. The Labute approximate surface area is 91.3 Å². The highest BCUT2D eigenvalue weighted by Crippen LogP contribution is 2.22. The highest BCUT2D eigenvalue weighted by molar-refractivity contribution is 6.21. The van der Waals surface area contributed by atoms with Crippen molar-refractivity contribution < 1.29 is 19.5 Å². The standard InChI is InChI=1S/C11H9NO4/c13-6-7(14)5-12-10(15)8-3-1-2-4-9(8)11(12)16/h1-4,6-7,14H,5H2. The Morgan fingerprint density at radius 3 is 2.12 bits per heavy atom. The van der Waals surface area contributed by atoms with Gasteiger partial charge in [0.15, 0.2) is 0 Å². The highest BCUT2D eigenvalue weighted by atomic mass is 16.3. The summed E-state index contributed by atoms with van der Waals surface area (Å²) in [4.78, 5) is 34.6. The van der Waals surface area contributed by atoms with E-state index in [1.165, 1.54) is 0 Å². The van der Waals surface area contributed by atoms with Crippen LogP contribution in [0, 0.1) is 0 Å². The van der Waals surface area contributed by atoms with Gasteiger partial charge in [0.2, 0.25) is 0 Å². The fourth-order valence-corrected chi connectivity index (χ4v) is 1.64. The molecule has 1 aliphatic rings. The number of carbonyl (C=O) groups excluding carboxylic acids is 3. The number of fused-ring (bicyclic) bond motifs is 1. The van der Waals surface area contributed by atoms with Crippen LogP contribution < -0.4 is 0 Å². The summed E-state index contributed by atoms with van der Waals surface area (Å²) in [5, 5.41) is 9.12. The second kappa shape index (κ2) is 3.86. The zero-order valence-electron chi connectivity index (χ0n) is 8.29. The van der Waals surface area contributed by atoms with E-state index in [0.29, 0.717) is 17.4 Å². The number of hydrogen-bond acceptors (Lipinski definition) is 4. The first-order valence-electron chi connectivity index (χ1n) is 4.73. The Hall–Kier alpha value is -2.01. The summed E-state index contributed by atoms with van der Waals surface area (Å²) >= 11 is 0. The molecule has 5 heteroatoms. The second-order valence-corrected chi connectivity index (χ2v) is 3.47. The Bertz CT molecular complexity index is 434. The van der Waals surface area contributed by atoms with Crippen molar-refractivity contribution in [3.05, 3.63) is 35.4 Å². The molecule has 0 spiro atoms. The van der Waals surface area contributed by atoms with E-state index >= 15 is 0 Å². The van der Waals surface area contributed by atoms with Crippen LogP contribution in [0.2, 0.25) is 0 Å². The molecule has 1 aliphatic heterocycles. The summed E-state index contributed by atoms with van der Waals surface area (Å²) in [5.41, 5.74) is 0.621. The number of benzene rings is 1. The van der Waals surface area contributed by atoms with Crippen molar-refractivity contribution in [1.29, 1.82) is 0 Å². The maximum absolute atomic E-state index is 11.7. The van der Waals surface area contributed by atoms with Crippen molar-refractivity contribution in [2.75, 3.05) is 6.54 Å². The SMILES string of the molecule is O=CC(O)CN1C(=O)c2ccccc2C1=O. The largest absolute Gasteiger partial charge is 0.384 e. The summed E-state index contributed by atoms with van der Waals surface area (Å²) < 4.78 is 0. The van der Waals surface area contributed by atoms with Crippen LogP contribution in [0.25, 0.3) is 0 Å². The summed E-state index contributed by atoms with van der Waals surface area (Å²) in [7, 11) is 0. The Kier molecular flexibility index (Phi) is 2.54. The van der Waals surface area contributed by atoms with E-state index in [1.807, 2.05) is 0 Å². The van der Waals surface area contributed by atoms with Gasteiger partial charge in [0.25, 0.3) is 11.8 Å². The van der Waals surface area contributed by atoms with Crippen LogP contribution in [-0.2, 0) is 4.79 Å². The van der Waals surface area contributed by atoms with Crippen LogP contribution in [0.1, 0.15) is 20.7 Å². The molecule has 0 bridgehead atoms. The van der Waals surface area contributed by atoms with Crippen molar-refractivity contribution in [3.63, 3.8) is 0 Å². The molecule has 16 heavy (non-hydrogen) atoms. The summed E-state index contributed by atoms with van der Waals surface area (Å²) in [6.45, 7) is -0.296. The molecule has 0 aliphatic carbocycles. The number of amides is 2. The lowest BCUT2D eigenvalue weighted by atomic mass is 10.1. The summed E-state index contributed by atoms with van der Waals surface area (Å²) in [6.07, 6.45) is -1.04. The molecule has 1 N–H and O–H groups in total. The van der Waals surface area contributed by atoms with Crippen LogP contribution in [0.4, 0.5) is 0 Å². The number of aldehydes is 1. The van der Waals surface area contributed by atoms with Gasteiger partial charge >= 0.3 is 0 Å². The third-order valence-corrected chi connectivity index (χ3v) is 2.40. The van der Waals surface area contributed by atoms with E-state index in [-0.39, 0.29) is 6.54 Å². The van der Waals surface area contributed by atoms with Crippen molar-refractivity contribution in [3.8, 4) is 0 Å². The molecular weight excluding hydrogens is 210 g/mol. The van der Waals surface area contributed by atoms with E-state index in [4.69, 9.17) is 5.11 Å². The molecule has 2 rings (SSSR count). The molecule has 1 unspecified atom stereocenters. The summed E-state index contributed by atoms with van der Waals surface area (Å²) in [5.74, 6) is -0.942. The number of nitrogens with zero attached hydrogens (tertiary/aromatic N) is 1. The molecular formula is C11H9NO4. The van der Waals surface area contributed by atoms with Gasteiger partial charge in [-0.1, -0.05) is 12.1 Å². The number of β-amino-alcohol motifs (C(OH)–C–C–N with tert-alkyl or cyclic N) is 1. The van der Waals surface area contributed by atoms with Crippen LogP contribution >= 0.6 is 0 Å². The van der Waals surface area contributed by atoms with Crippen LogP contribution in [-0.4, -0.2) is 40.8 Å². The van der Waals surface area contributed by atoms with Crippen molar-refractivity contribution >= 4 is 18.1 Å². The third kappa shape index (κ3) is 1.51. The van der Waals surface area contributed by atoms with Gasteiger partial charge in [-0.05, 0) is 12.1 Å². The lowest BCUT2D eigenvalue weighted by Crippen LogP contribution is -2.37. The van der Waals surface area contributed by atoms with E-state index < -0.39 is 17.9 Å². The monoisotopic (exact) mass is 219 g/mol. The average Bonchev–Trinajstić information content (AvgIpc) is 2.55. The summed E-state index contributed by atoms with van der Waals surface area (Å²) in [6, 6.07) is 6.40. The predicted molar refractivity (Wildman–Crippen MR) is 53.9 cm³/mol. The molecule has 1 atom stereocenters. The second-order valence-electron chi connectivity index (χ2n) is 3.47. The van der Waals surface area contributed by atoms with Gasteiger partial charge in [-0.15, -0.1) is 0 Å². The molecule has 1 heterocycles. The number of aliphatic hydroxyl groups excluding tert-OH is 1.